The van der Waals surface area contributed by atoms with E-state index in [4.69, 9.17) is 11.6 Å². The number of para-hydroxylation sites is 1. The van der Waals surface area contributed by atoms with Crippen LogP contribution in [0.2, 0.25) is 5.02 Å². The average molecular weight is 374 g/mol. The summed E-state index contributed by atoms with van der Waals surface area (Å²) in [5.41, 5.74) is 3.14. The molecule has 0 fully saturated rings. The fraction of sp³-hybridized carbons (Fsp3) is 0.0455. The van der Waals surface area contributed by atoms with Gasteiger partial charge in [0, 0.05) is 22.5 Å². The highest BCUT2D eigenvalue weighted by Crippen LogP contribution is 2.31. The minimum atomic E-state index is -0.321. The van der Waals surface area contributed by atoms with Crippen LogP contribution in [-0.4, -0.2) is 15.9 Å². The van der Waals surface area contributed by atoms with Gasteiger partial charge in [-0.1, -0.05) is 78.3 Å². The average Bonchev–Trinajstić information content (AvgIpc) is 2.72. The van der Waals surface area contributed by atoms with Gasteiger partial charge in [0.1, 0.15) is 0 Å². The minimum Gasteiger partial charge on any atom is -0.345 e. The van der Waals surface area contributed by atoms with Crippen LogP contribution in [0.1, 0.15) is 16.2 Å². The topological polar surface area (TPSA) is 54.9 Å². The van der Waals surface area contributed by atoms with Crippen molar-refractivity contribution in [1.29, 1.82) is 0 Å². The molecule has 4 aromatic rings. The molecular formula is C22H16ClN3O. The van der Waals surface area contributed by atoms with Crippen molar-refractivity contribution in [3.63, 3.8) is 0 Å². The molecule has 4 nitrogen and oxygen atoms in total. The number of amides is 1. The molecule has 0 aliphatic carbocycles. The molecule has 4 rings (SSSR count). The zero-order valence-corrected chi connectivity index (χ0v) is 15.1. The van der Waals surface area contributed by atoms with Gasteiger partial charge in [0.05, 0.1) is 11.2 Å². The molecule has 0 atom stereocenters. The van der Waals surface area contributed by atoms with Gasteiger partial charge < -0.3 is 5.32 Å². The Kier molecular flexibility index (Phi) is 4.81. The number of carbonyl (C=O) groups excluding carboxylic acids is 1. The van der Waals surface area contributed by atoms with Gasteiger partial charge in [-0.3, -0.25) is 4.79 Å². The Labute approximate surface area is 161 Å². The highest BCUT2D eigenvalue weighted by Gasteiger charge is 2.16. The Morgan fingerprint density at radius 1 is 0.852 bits per heavy atom. The molecule has 1 aromatic heterocycles. The summed E-state index contributed by atoms with van der Waals surface area (Å²) in [5.74, 6) is -0.197. The lowest BCUT2D eigenvalue weighted by molar-refractivity contribution is 0.0941. The van der Waals surface area contributed by atoms with E-state index in [1.54, 1.807) is 0 Å². The second-order valence-electron chi connectivity index (χ2n) is 6.06. The molecule has 0 bridgehead atoms. The normalized spacial score (nSPS) is 10.7. The summed E-state index contributed by atoms with van der Waals surface area (Å²) < 4.78 is 0. The van der Waals surface area contributed by atoms with E-state index >= 15 is 0 Å². The van der Waals surface area contributed by atoms with Crippen LogP contribution in [-0.2, 0) is 6.54 Å². The maximum atomic E-state index is 12.7. The smallest absolute Gasteiger partial charge is 0.289 e. The first-order valence-corrected chi connectivity index (χ1v) is 8.94. The molecule has 3 aromatic carbocycles. The lowest BCUT2D eigenvalue weighted by Gasteiger charge is -2.10. The van der Waals surface area contributed by atoms with Crippen molar-refractivity contribution >= 4 is 28.4 Å². The van der Waals surface area contributed by atoms with Gasteiger partial charge >= 0.3 is 0 Å². The highest BCUT2D eigenvalue weighted by atomic mass is 35.5. The summed E-state index contributed by atoms with van der Waals surface area (Å²) in [4.78, 5) is 21.6. The monoisotopic (exact) mass is 373 g/mol. The summed E-state index contributed by atoms with van der Waals surface area (Å²) in [6.07, 6.45) is 0. The van der Waals surface area contributed by atoms with E-state index in [1.807, 2.05) is 78.9 Å². The third kappa shape index (κ3) is 3.66. The zero-order valence-electron chi connectivity index (χ0n) is 14.4. The molecule has 1 heterocycles. The van der Waals surface area contributed by atoms with Gasteiger partial charge in [0.2, 0.25) is 5.82 Å². The van der Waals surface area contributed by atoms with Crippen LogP contribution < -0.4 is 5.32 Å². The van der Waals surface area contributed by atoms with Crippen molar-refractivity contribution < 1.29 is 4.79 Å². The standard InChI is InChI=1S/C22H16ClN3O/c23-18-12-6-4-10-16(18)20-17-11-5-7-13-19(17)25-21(26-20)22(27)24-14-15-8-2-1-3-9-15/h1-13H,14H2,(H,24,27). The van der Waals surface area contributed by atoms with Crippen LogP contribution in [0.5, 0.6) is 0 Å². The Hall–Kier alpha value is -3.24. The molecule has 132 valence electrons. The first kappa shape index (κ1) is 17.2. The summed E-state index contributed by atoms with van der Waals surface area (Å²) in [5, 5.41) is 4.31. The molecule has 0 saturated carbocycles. The SMILES string of the molecule is O=C(NCc1ccccc1)c1nc(-c2ccccc2Cl)c2ccccc2n1. The summed E-state index contributed by atoms with van der Waals surface area (Å²) in [6, 6.07) is 24.8. The maximum absolute atomic E-state index is 12.7. The molecule has 0 radical (unpaired) electrons. The number of carbonyl (C=O) groups is 1. The number of nitrogens with one attached hydrogen (secondary N) is 1. The van der Waals surface area contributed by atoms with E-state index in [9.17, 15) is 4.79 Å². The molecule has 5 heteroatoms. The predicted octanol–water partition coefficient (Wildman–Crippen LogP) is 4.88. The molecule has 1 amide bonds. The first-order chi connectivity index (χ1) is 13.2. The van der Waals surface area contributed by atoms with E-state index < -0.39 is 0 Å². The highest BCUT2D eigenvalue weighted by molar-refractivity contribution is 6.33. The molecule has 0 unspecified atom stereocenters. The van der Waals surface area contributed by atoms with Gasteiger partial charge in [-0.15, -0.1) is 0 Å². The third-order valence-corrected chi connectivity index (χ3v) is 4.56. The summed E-state index contributed by atoms with van der Waals surface area (Å²) >= 11 is 6.37. The van der Waals surface area contributed by atoms with Crippen LogP contribution in [0.15, 0.2) is 78.9 Å². The van der Waals surface area contributed by atoms with Gasteiger partial charge in [-0.2, -0.15) is 0 Å². The molecule has 0 aliphatic rings. The van der Waals surface area contributed by atoms with Crippen LogP contribution >= 0.6 is 11.6 Å². The quantitative estimate of drug-likeness (QED) is 0.554. The van der Waals surface area contributed by atoms with E-state index in [1.165, 1.54) is 0 Å². The Balaban J connectivity index is 1.73. The predicted molar refractivity (Wildman–Crippen MR) is 108 cm³/mol. The van der Waals surface area contributed by atoms with E-state index in [0.717, 1.165) is 16.5 Å². The van der Waals surface area contributed by atoms with E-state index in [-0.39, 0.29) is 11.7 Å². The molecule has 1 N–H and O–H groups in total. The zero-order chi connectivity index (χ0) is 18.6. The number of hydrogen-bond acceptors (Lipinski definition) is 3. The second-order valence-corrected chi connectivity index (χ2v) is 6.47. The molecular weight excluding hydrogens is 358 g/mol. The molecule has 0 spiro atoms. The number of rotatable bonds is 4. The van der Waals surface area contributed by atoms with Crippen molar-refractivity contribution in [1.82, 2.24) is 15.3 Å². The Bertz CT molecular complexity index is 1110. The minimum absolute atomic E-state index is 0.125. The van der Waals surface area contributed by atoms with Crippen LogP contribution in [0, 0.1) is 0 Å². The Morgan fingerprint density at radius 2 is 1.56 bits per heavy atom. The van der Waals surface area contributed by atoms with Crippen LogP contribution in [0.25, 0.3) is 22.2 Å². The van der Waals surface area contributed by atoms with Crippen LogP contribution in [0.3, 0.4) is 0 Å². The Morgan fingerprint density at radius 3 is 2.37 bits per heavy atom. The lowest BCUT2D eigenvalue weighted by atomic mass is 10.1. The molecule has 0 saturated heterocycles. The van der Waals surface area contributed by atoms with Gasteiger partial charge in [0.25, 0.3) is 5.91 Å². The van der Waals surface area contributed by atoms with Gasteiger partial charge in [-0.25, -0.2) is 9.97 Å². The largest absolute Gasteiger partial charge is 0.345 e. The number of benzene rings is 3. The number of aromatic nitrogens is 2. The third-order valence-electron chi connectivity index (χ3n) is 4.23. The van der Waals surface area contributed by atoms with Crippen LogP contribution in [0.4, 0.5) is 0 Å². The number of nitrogens with zero attached hydrogens (tertiary/aromatic N) is 2. The van der Waals surface area contributed by atoms with Gasteiger partial charge in [-0.05, 0) is 17.7 Å². The van der Waals surface area contributed by atoms with Crippen molar-refractivity contribution in [3.05, 3.63) is 95.3 Å². The summed E-state index contributed by atoms with van der Waals surface area (Å²) in [7, 11) is 0. The second kappa shape index (κ2) is 7.56. The molecule has 0 aliphatic heterocycles. The number of fused-ring (bicyclic) bond motifs is 1. The molecule has 27 heavy (non-hydrogen) atoms. The van der Waals surface area contributed by atoms with Gasteiger partial charge in [0.15, 0.2) is 0 Å². The van der Waals surface area contributed by atoms with Crippen molar-refractivity contribution in [2.24, 2.45) is 0 Å². The number of halogens is 1. The number of hydrogen-bond donors (Lipinski definition) is 1. The lowest BCUT2D eigenvalue weighted by Crippen LogP contribution is -2.25. The fourth-order valence-electron chi connectivity index (χ4n) is 2.89. The summed E-state index contributed by atoms with van der Waals surface area (Å²) in [6.45, 7) is 0.414. The van der Waals surface area contributed by atoms with Crippen molar-refractivity contribution in [3.8, 4) is 11.3 Å². The maximum Gasteiger partial charge on any atom is 0.289 e. The van der Waals surface area contributed by atoms with Crippen molar-refractivity contribution in [2.75, 3.05) is 0 Å². The first-order valence-electron chi connectivity index (χ1n) is 8.56. The van der Waals surface area contributed by atoms with E-state index in [0.29, 0.717) is 22.8 Å². The van der Waals surface area contributed by atoms with Crippen molar-refractivity contribution in [2.45, 2.75) is 6.54 Å². The fourth-order valence-corrected chi connectivity index (χ4v) is 3.12. The van der Waals surface area contributed by atoms with E-state index in [2.05, 4.69) is 15.3 Å².